The minimum atomic E-state index is 0.193. The summed E-state index contributed by atoms with van der Waals surface area (Å²) in [5.74, 6) is 0. The van der Waals surface area contributed by atoms with Crippen LogP contribution in [0.2, 0.25) is 10.0 Å². The molecule has 1 atom stereocenters. The molecule has 2 rings (SSSR count). The van der Waals surface area contributed by atoms with Crippen molar-refractivity contribution in [1.82, 2.24) is 5.32 Å². The molecule has 118 valence electrons. The highest BCUT2D eigenvalue weighted by Crippen LogP contribution is 2.12. The predicted octanol–water partition coefficient (Wildman–Crippen LogP) is 4.43. The van der Waals surface area contributed by atoms with Gasteiger partial charge in [-0.05, 0) is 61.2 Å². The highest BCUT2D eigenvalue weighted by atomic mass is 35.5. The molecule has 0 radical (unpaired) electrons. The first-order valence-electron chi connectivity index (χ1n) is 7.58. The maximum Gasteiger partial charge on any atom is 0.0406 e. The zero-order valence-corrected chi connectivity index (χ0v) is 14.1. The summed E-state index contributed by atoms with van der Waals surface area (Å²) < 4.78 is 0. The van der Waals surface area contributed by atoms with E-state index in [1.54, 1.807) is 0 Å². The highest BCUT2D eigenvalue weighted by Gasteiger charge is 2.04. The van der Waals surface area contributed by atoms with Gasteiger partial charge in [-0.25, -0.2) is 0 Å². The molecule has 4 heteroatoms. The van der Waals surface area contributed by atoms with Crippen molar-refractivity contribution in [3.05, 3.63) is 69.7 Å². The Kier molecular flexibility index (Phi) is 7.20. The van der Waals surface area contributed by atoms with Crippen LogP contribution in [0.4, 0.5) is 0 Å². The van der Waals surface area contributed by atoms with Gasteiger partial charge in [-0.1, -0.05) is 47.5 Å². The first-order valence-corrected chi connectivity index (χ1v) is 8.34. The van der Waals surface area contributed by atoms with Crippen molar-refractivity contribution in [3.63, 3.8) is 0 Å². The van der Waals surface area contributed by atoms with Gasteiger partial charge in [-0.2, -0.15) is 0 Å². The van der Waals surface area contributed by atoms with Crippen LogP contribution >= 0.6 is 23.2 Å². The van der Waals surface area contributed by atoms with Crippen LogP contribution in [0.5, 0.6) is 0 Å². The fourth-order valence-corrected chi connectivity index (χ4v) is 2.60. The second kappa shape index (κ2) is 9.16. The Morgan fingerprint density at radius 2 is 1.41 bits per heavy atom. The van der Waals surface area contributed by atoms with E-state index in [2.05, 4.69) is 5.32 Å². The third kappa shape index (κ3) is 6.37. The van der Waals surface area contributed by atoms with Gasteiger partial charge >= 0.3 is 0 Å². The molecule has 0 bridgehead atoms. The molecule has 0 saturated carbocycles. The lowest BCUT2D eigenvalue weighted by Crippen LogP contribution is -2.25. The molecule has 0 spiro atoms. The lowest BCUT2D eigenvalue weighted by molar-refractivity contribution is 0.547. The van der Waals surface area contributed by atoms with Gasteiger partial charge in [0, 0.05) is 22.6 Å². The Labute approximate surface area is 142 Å². The molecule has 0 amide bonds. The van der Waals surface area contributed by atoms with Crippen molar-refractivity contribution in [2.45, 2.75) is 31.8 Å². The number of nitrogens with one attached hydrogen (secondary N) is 1. The Balaban J connectivity index is 1.59. The first-order chi connectivity index (χ1) is 10.6. The zero-order valence-electron chi connectivity index (χ0n) is 12.6. The summed E-state index contributed by atoms with van der Waals surface area (Å²) in [6.45, 7) is 1.83. The summed E-state index contributed by atoms with van der Waals surface area (Å²) in [7, 11) is 0. The topological polar surface area (TPSA) is 38.0 Å². The normalized spacial score (nSPS) is 12.3. The Morgan fingerprint density at radius 1 is 0.864 bits per heavy atom. The van der Waals surface area contributed by atoms with E-state index in [0.717, 1.165) is 42.4 Å². The summed E-state index contributed by atoms with van der Waals surface area (Å²) in [4.78, 5) is 0. The van der Waals surface area contributed by atoms with Gasteiger partial charge in [-0.3, -0.25) is 0 Å². The third-order valence-electron chi connectivity index (χ3n) is 3.58. The van der Waals surface area contributed by atoms with E-state index in [9.17, 15) is 0 Å². The summed E-state index contributed by atoms with van der Waals surface area (Å²) in [6.07, 6.45) is 2.98. The molecule has 0 aromatic heterocycles. The van der Waals surface area contributed by atoms with E-state index in [0.29, 0.717) is 0 Å². The molecular formula is C18H22Cl2N2. The number of halogens is 2. The fourth-order valence-electron chi connectivity index (χ4n) is 2.35. The molecule has 0 heterocycles. The second-order valence-corrected chi connectivity index (χ2v) is 6.41. The van der Waals surface area contributed by atoms with Crippen molar-refractivity contribution >= 4 is 23.2 Å². The van der Waals surface area contributed by atoms with Gasteiger partial charge in [0.15, 0.2) is 0 Å². The average Bonchev–Trinajstić information content (AvgIpc) is 2.51. The molecule has 2 nitrogen and oxygen atoms in total. The molecule has 2 aromatic rings. The van der Waals surface area contributed by atoms with Gasteiger partial charge < -0.3 is 11.1 Å². The average molecular weight is 337 g/mol. The molecule has 3 N–H and O–H groups in total. The van der Waals surface area contributed by atoms with Crippen LogP contribution in [0.15, 0.2) is 48.5 Å². The fraction of sp³-hybridized carbons (Fsp3) is 0.333. The standard InChI is InChI=1S/C18H22Cl2N2/c19-16-7-3-14(4-8-16)12-18(21)2-1-11-22-13-15-5-9-17(20)10-6-15/h3-10,18,22H,1-2,11-13,21H2. The van der Waals surface area contributed by atoms with E-state index < -0.39 is 0 Å². The number of hydrogen-bond donors (Lipinski definition) is 2. The van der Waals surface area contributed by atoms with Crippen LogP contribution in [0, 0.1) is 0 Å². The third-order valence-corrected chi connectivity index (χ3v) is 4.09. The smallest absolute Gasteiger partial charge is 0.0406 e. The SMILES string of the molecule is NC(CCCNCc1ccc(Cl)cc1)Cc1ccc(Cl)cc1. The van der Waals surface area contributed by atoms with E-state index >= 15 is 0 Å². The highest BCUT2D eigenvalue weighted by molar-refractivity contribution is 6.30. The van der Waals surface area contributed by atoms with Crippen LogP contribution in [-0.4, -0.2) is 12.6 Å². The summed E-state index contributed by atoms with van der Waals surface area (Å²) >= 11 is 11.7. The van der Waals surface area contributed by atoms with Crippen molar-refractivity contribution in [1.29, 1.82) is 0 Å². The first kappa shape index (κ1) is 17.3. The Hall–Kier alpha value is -1.06. The number of rotatable bonds is 8. The molecule has 0 aliphatic heterocycles. The van der Waals surface area contributed by atoms with Crippen LogP contribution in [0.3, 0.4) is 0 Å². The number of nitrogens with two attached hydrogens (primary N) is 1. The largest absolute Gasteiger partial charge is 0.327 e. The van der Waals surface area contributed by atoms with Crippen molar-refractivity contribution in [2.75, 3.05) is 6.54 Å². The lowest BCUT2D eigenvalue weighted by atomic mass is 10.0. The predicted molar refractivity (Wildman–Crippen MR) is 95.5 cm³/mol. The summed E-state index contributed by atoms with van der Waals surface area (Å²) in [5.41, 5.74) is 8.67. The van der Waals surface area contributed by atoms with Gasteiger partial charge in [-0.15, -0.1) is 0 Å². The zero-order chi connectivity index (χ0) is 15.8. The Morgan fingerprint density at radius 3 is 2.00 bits per heavy atom. The van der Waals surface area contributed by atoms with Gasteiger partial charge in [0.1, 0.15) is 0 Å². The van der Waals surface area contributed by atoms with Gasteiger partial charge in [0.05, 0.1) is 0 Å². The molecule has 2 aromatic carbocycles. The minimum Gasteiger partial charge on any atom is -0.327 e. The second-order valence-electron chi connectivity index (χ2n) is 5.54. The number of benzene rings is 2. The maximum absolute atomic E-state index is 6.18. The van der Waals surface area contributed by atoms with Crippen LogP contribution in [-0.2, 0) is 13.0 Å². The molecule has 0 saturated heterocycles. The Bertz CT molecular complexity index is 552. The summed E-state index contributed by atoms with van der Waals surface area (Å²) in [6, 6.07) is 16.0. The molecule has 0 aliphatic carbocycles. The van der Waals surface area contributed by atoms with E-state index in [1.807, 2.05) is 48.5 Å². The molecule has 22 heavy (non-hydrogen) atoms. The van der Waals surface area contributed by atoms with E-state index in [-0.39, 0.29) is 6.04 Å². The van der Waals surface area contributed by atoms with E-state index in [1.165, 1.54) is 11.1 Å². The molecule has 0 fully saturated rings. The van der Waals surface area contributed by atoms with Crippen LogP contribution in [0.1, 0.15) is 24.0 Å². The maximum atomic E-state index is 6.18. The van der Waals surface area contributed by atoms with Crippen molar-refractivity contribution in [2.24, 2.45) is 5.73 Å². The van der Waals surface area contributed by atoms with Crippen molar-refractivity contribution < 1.29 is 0 Å². The monoisotopic (exact) mass is 336 g/mol. The van der Waals surface area contributed by atoms with Crippen LogP contribution in [0.25, 0.3) is 0 Å². The van der Waals surface area contributed by atoms with E-state index in [4.69, 9.17) is 28.9 Å². The number of hydrogen-bond acceptors (Lipinski definition) is 2. The van der Waals surface area contributed by atoms with Crippen molar-refractivity contribution in [3.8, 4) is 0 Å². The van der Waals surface area contributed by atoms with Gasteiger partial charge in [0.2, 0.25) is 0 Å². The quantitative estimate of drug-likeness (QED) is 0.699. The van der Waals surface area contributed by atoms with Crippen LogP contribution < -0.4 is 11.1 Å². The molecular weight excluding hydrogens is 315 g/mol. The molecule has 1 unspecified atom stereocenters. The minimum absolute atomic E-state index is 0.193. The van der Waals surface area contributed by atoms with Gasteiger partial charge in [0.25, 0.3) is 0 Å². The molecule has 0 aliphatic rings. The summed E-state index contributed by atoms with van der Waals surface area (Å²) in [5, 5.41) is 4.97. The lowest BCUT2D eigenvalue weighted by Gasteiger charge is -2.12.